The first-order valence-electron chi connectivity index (χ1n) is 6.69. The summed E-state index contributed by atoms with van der Waals surface area (Å²) in [5.74, 6) is 0.597. The molecule has 3 rings (SSSR count). The van der Waals surface area contributed by atoms with Gasteiger partial charge in [0.1, 0.15) is 5.75 Å². The van der Waals surface area contributed by atoms with Gasteiger partial charge in [-0.15, -0.1) is 0 Å². The van der Waals surface area contributed by atoms with E-state index in [1.54, 1.807) is 13.2 Å². The molecule has 0 aromatic heterocycles. The summed E-state index contributed by atoms with van der Waals surface area (Å²) in [4.78, 5) is 16.3. The standard InChI is InChI=1S/C17H11BrINO3/c1-22-15-7-2-10(8-13(15)18)9-14-17(21)23-16(20-14)11-3-5-12(19)6-4-11/h2-9H,1H3/b14-9+. The van der Waals surface area contributed by atoms with E-state index in [2.05, 4.69) is 43.5 Å². The third kappa shape index (κ3) is 3.64. The highest BCUT2D eigenvalue weighted by atomic mass is 127. The molecule has 0 unspecified atom stereocenters. The van der Waals surface area contributed by atoms with E-state index >= 15 is 0 Å². The number of aliphatic imine (C=N–C) groups is 1. The van der Waals surface area contributed by atoms with Crippen LogP contribution in [0.5, 0.6) is 5.75 Å². The Morgan fingerprint density at radius 3 is 2.61 bits per heavy atom. The molecule has 2 aromatic rings. The van der Waals surface area contributed by atoms with Crippen molar-refractivity contribution < 1.29 is 14.3 Å². The number of methoxy groups -OCH3 is 1. The molecular weight excluding hydrogens is 473 g/mol. The van der Waals surface area contributed by atoms with E-state index in [1.807, 2.05) is 42.5 Å². The molecule has 1 aliphatic heterocycles. The average Bonchev–Trinajstić information content (AvgIpc) is 2.89. The zero-order valence-electron chi connectivity index (χ0n) is 12.0. The number of cyclic esters (lactones) is 1. The van der Waals surface area contributed by atoms with Crippen LogP contribution in [0.2, 0.25) is 0 Å². The highest BCUT2D eigenvalue weighted by molar-refractivity contribution is 14.1. The van der Waals surface area contributed by atoms with Crippen molar-refractivity contribution in [2.24, 2.45) is 4.99 Å². The lowest BCUT2D eigenvalue weighted by molar-refractivity contribution is -0.129. The van der Waals surface area contributed by atoms with E-state index < -0.39 is 5.97 Å². The van der Waals surface area contributed by atoms with Gasteiger partial charge in [-0.1, -0.05) is 6.07 Å². The molecular formula is C17H11BrINO3. The Morgan fingerprint density at radius 1 is 1.22 bits per heavy atom. The fourth-order valence-electron chi connectivity index (χ4n) is 2.06. The molecule has 116 valence electrons. The molecule has 4 nitrogen and oxygen atoms in total. The van der Waals surface area contributed by atoms with Crippen molar-refractivity contribution in [2.75, 3.05) is 7.11 Å². The van der Waals surface area contributed by atoms with E-state index in [0.29, 0.717) is 5.90 Å². The van der Waals surface area contributed by atoms with Crippen LogP contribution in [-0.2, 0) is 9.53 Å². The molecule has 23 heavy (non-hydrogen) atoms. The second-order valence-electron chi connectivity index (χ2n) is 4.74. The monoisotopic (exact) mass is 483 g/mol. The van der Waals surface area contributed by atoms with Crippen molar-refractivity contribution in [1.29, 1.82) is 0 Å². The molecule has 2 aromatic carbocycles. The first-order valence-corrected chi connectivity index (χ1v) is 8.56. The van der Waals surface area contributed by atoms with Crippen molar-refractivity contribution in [2.45, 2.75) is 0 Å². The van der Waals surface area contributed by atoms with Crippen LogP contribution in [-0.4, -0.2) is 19.0 Å². The molecule has 0 spiro atoms. The van der Waals surface area contributed by atoms with Gasteiger partial charge in [-0.2, -0.15) is 0 Å². The van der Waals surface area contributed by atoms with E-state index in [0.717, 1.165) is 24.9 Å². The number of ether oxygens (including phenoxy) is 2. The zero-order chi connectivity index (χ0) is 16.4. The quantitative estimate of drug-likeness (QED) is 0.369. The van der Waals surface area contributed by atoms with Crippen LogP contribution in [0, 0.1) is 3.57 Å². The van der Waals surface area contributed by atoms with Crippen LogP contribution in [0.1, 0.15) is 11.1 Å². The van der Waals surface area contributed by atoms with Crippen LogP contribution < -0.4 is 4.74 Å². The number of benzene rings is 2. The number of esters is 1. The second-order valence-corrected chi connectivity index (χ2v) is 6.84. The molecule has 1 aliphatic rings. The Hall–Kier alpha value is -1.67. The topological polar surface area (TPSA) is 47.9 Å². The predicted octanol–water partition coefficient (Wildman–Crippen LogP) is 4.41. The molecule has 0 saturated heterocycles. The fourth-order valence-corrected chi connectivity index (χ4v) is 2.97. The summed E-state index contributed by atoms with van der Waals surface area (Å²) in [6.07, 6.45) is 1.69. The summed E-state index contributed by atoms with van der Waals surface area (Å²) < 4.78 is 12.4. The zero-order valence-corrected chi connectivity index (χ0v) is 15.8. The largest absolute Gasteiger partial charge is 0.496 e. The van der Waals surface area contributed by atoms with E-state index in [9.17, 15) is 4.79 Å². The van der Waals surface area contributed by atoms with Crippen molar-refractivity contribution >= 4 is 56.5 Å². The molecule has 0 fully saturated rings. The summed E-state index contributed by atoms with van der Waals surface area (Å²) in [5.41, 5.74) is 1.88. The maximum atomic E-state index is 12.0. The van der Waals surface area contributed by atoms with Crippen LogP contribution in [0.3, 0.4) is 0 Å². The molecule has 0 saturated carbocycles. The molecule has 0 atom stereocenters. The van der Waals surface area contributed by atoms with Crippen LogP contribution >= 0.6 is 38.5 Å². The van der Waals surface area contributed by atoms with Gasteiger partial charge in [0.2, 0.25) is 5.90 Å². The van der Waals surface area contributed by atoms with Crippen molar-refractivity contribution in [1.82, 2.24) is 0 Å². The minimum Gasteiger partial charge on any atom is -0.496 e. The second kappa shape index (κ2) is 6.84. The van der Waals surface area contributed by atoms with Crippen LogP contribution in [0.15, 0.2) is 57.6 Å². The number of hydrogen-bond acceptors (Lipinski definition) is 4. The van der Waals surface area contributed by atoms with Crippen molar-refractivity contribution in [3.8, 4) is 5.75 Å². The van der Waals surface area contributed by atoms with Gasteiger partial charge >= 0.3 is 5.97 Å². The molecule has 6 heteroatoms. The predicted molar refractivity (Wildman–Crippen MR) is 100 cm³/mol. The van der Waals surface area contributed by atoms with Crippen LogP contribution in [0.25, 0.3) is 6.08 Å². The van der Waals surface area contributed by atoms with Gasteiger partial charge in [-0.05, 0) is 86.6 Å². The molecule has 0 radical (unpaired) electrons. The van der Waals surface area contributed by atoms with Gasteiger partial charge in [0.15, 0.2) is 5.70 Å². The van der Waals surface area contributed by atoms with Crippen molar-refractivity contribution in [3.05, 3.63) is 67.3 Å². The molecule has 0 aliphatic carbocycles. The third-order valence-corrected chi connectivity index (χ3v) is 4.53. The number of hydrogen-bond donors (Lipinski definition) is 0. The maximum absolute atomic E-state index is 12.0. The molecule has 0 bridgehead atoms. The first kappa shape index (κ1) is 16.2. The summed E-state index contributed by atoms with van der Waals surface area (Å²) in [5, 5.41) is 0. The Kier molecular flexibility index (Phi) is 4.82. The SMILES string of the molecule is COc1ccc(/C=C2/N=C(c3ccc(I)cc3)OC2=O)cc1Br. The number of halogens is 2. The minimum absolute atomic E-state index is 0.274. The third-order valence-electron chi connectivity index (χ3n) is 3.19. The van der Waals surface area contributed by atoms with Gasteiger partial charge in [-0.25, -0.2) is 9.79 Å². The maximum Gasteiger partial charge on any atom is 0.363 e. The number of nitrogens with zero attached hydrogens (tertiary/aromatic N) is 1. The Labute approximate surface area is 155 Å². The summed E-state index contributed by atoms with van der Waals surface area (Å²) in [6, 6.07) is 13.2. The number of carbonyl (C=O) groups is 1. The van der Waals surface area contributed by atoms with E-state index in [4.69, 9.17) is 9.47 Å². The van der Waals surface area contributed by atoms with Crippen molar-refractivity contribution in [3.63, 3.8) is 0 Å². The Balaban J connectivity index is 1.91. The summed E-state index contributed by atoms with van der Waals surface area (Å²) in [7, 11) is 1.60. The van der Waals surface area contributed by atoms with Crippen LogP contribution in [0.4, 0.5) is 0 Å². The van der Waals surface area contributed by atoms with Gasteiger partial charge in [-0.3, -0.25) is 0 Å². The molecule has 0 N–H and O–H groups in total. The van der Waals surface area contributed by atoms with E-state index in [1.165, 1.54) is 0 Å². The highest BCUT2D eigenvalue weighted by Gasteiger charge is 2.24. The van der Waals surface area contributed by atoms with Gasteiger partial charge in [0.05, 0.1) is 11.6 Å². The normalized spacial score (nSPS) is 15.5. The summed E-state index contributed by atoms with van der Waals surface area (Å²) in [6.45, 7) is 0. The lowest BCUT2D eigenvalue weighted by Gasteiger charge is -2.03. The number of carbonyl (C=O) groups excluding carboxylic acids is 1. The summed E-state index contributed by atoms with van der Waals surface area (Å²) >= 11 is 5.64. The Morgan fingerprint density at radius 2 is 1.96 bits per heavy atom. The van der Waals surface area contributed by atoms with E-state index in [-0.39, 0.29) is 5.70 Å². The fraction of sp³-hybridized carbons (Fsp3) is 0.0588. The first-order chi connectivity index (χ1) is 11.1. The van der Waals surface area contributed by atoms with Gasteiger partial charge < -0.3 is 9.47 Å². The average molecular weight is 484 g/mol. The molecule has 0 amide bonds. The van der Waals surface area contributed by atoms with Gasteiger partial charge in [0.25, 0.3) is 0 Å². The van der Waals surface area contributed by atoms with Gasteiger partial charge in [0, 0.05) is 9.13 Å². The highest BCUT2D eigenvalue weighted by Crippen LogP contribution is 2.27. The lowest BCUT2D eigenvalue weighted by atomic mass is 10.2. The molecule has 1 heterocycles. The Bertz CT molecular complexity index is 828. The smallest absolute Gasteiger partial charge is 0.363 e. The number of rotatable bonds is 3. The minimum atomic E-state index is -0.453. The lowest BCUT2D eigenvalue weighted by Crippen LogP contribution is -2.05.